The quantitative estimate of drug-likeness (QED) is 0.304. The van der Waals surface area contributed by atoms with Gasteiger partial charge in [-0.05, 0) is 77.7 Å². The maximum Gasteiger partial charge on any atom is 0.252 e. The van der Waals surface area contributed by atoms with Gasteiger partial charge >= 0.3 is 0 Å². The van der Waals surface area contributed by atoms with Crippen LogP contribution >= 0.6 is 0 Å². The van der Waals surface area contributed by atoms with Crippen molar-refractivity contribution in [3.8, 4) is 0 Å². The van der Waals surface area contributed by atoms with E-state index < -0.39 is 0 Å². The van der Waals surface area contributed by atoms with Crippen LogP contribution in [0.25, 0.3) is 10.9 Å². The van der Waals surface area contributed by atoms with Crippen LogP contribution in [0.5, 0.6) is 0 Å². The Bertz CT molecular complexity index is 1380. The van der Waals surface area contributed by atoms with E-state index in [0.717, 1.165) is 48.0 Å². The average molecular weight is 499 g/mol. The van der Waals surface area contributed by atoms with Crippen LogP contribution in [0.1, 0.15) is 92.5 Å². The summed E-state index contributed by atoms with van der Waals surface area (Å²) in [5.41, 5.74) is 5.33. The van der Waals surface area contributed by atoms with Crippen LogP contribution in [0, 0.1) is 6.92 Å². The molecule has 1 N–H and O–H groups in total. The van der Waals surface area contributed by atoms with Gasteiger partial charge < -0.3 is 4.98 Å². The third-order valence-corrected chi connectivity index (χ3v) is 7.84. The minimum Gasteiger partial charge on any atom is -0.322 e. The summed E-state index contributed by atoms with van der Waals surface area (Å²) in [6.45, 7) is 7.67. The van der Waals surface area contributed by atoms with Crippen molar-refractivity contribution in [2.75, 3.05) is 0 Å². The summed E-state index contributed by atoms with van der Waals surface area (Å²) in [6, 6.07) is 17.3. The normalized spacial score (nSPS) is 15.5. The van der Waals surface area contributed by atoms with E-state index in [4.69, 9.17) is 0 Å². The van der Waals surface area contributed by atoms with E-state index in [-0.39, 0.29) is 11.6 Å². The van der Waals surface area contributed by atoms with E-state index >= 15 is 0 Å². The zero-order chi connectivity index (χ0) is 25.8. The van der Waals surface area contributed by atoms with Gasteiger partial charge in [-0.1, -0.05) is 69.0 Å². The zero-order valence-electron chi connectivity index (χ0n) is 22.3. The molecule has 0 spiro atoms. The van der Waals surface area contributed by atoms with E-state index in [9.17, 15) is 4.79 Å². The molecule has 0 radical (unpaired) electrons. The molecule has 37 heavy (non-hydrogen) atoms. The summed E-state index contributed by atoms with van der Waals surface area (Å²) in [7, 11) is 0. The molecule has 4 aromatic rings. The lowest BCUT2D eigenvalue weighted by atomic mass is 9.95. The second kappa shape index (κ2) is 11.4. The highest BCUT2D eigenvalue weighted by atomic mass is 16.1. The average Bonchev–Trinajstić information content (AvgIpc) is 3.40. The van der Waals surface area contributed by atoms with Crippen LogP contribution in [0.15, 0.2) is 53.3 Å². The summed E-state index contributed by atoms with van der Waals surface area (Å²) in [5.74, 6) is 0.909. The summed E-state index contributed by atoms with van der Waals surface area (Å²) in [5, 5.41) is 14.2. The maximum atomic E-state index is 13.2. The van der Waals surface area contributed by atoms with Gasteiger partial charge in [0.2, 0.25) is 0 Å². The van der Waals surface area contributed by atoms with Crippen LogP contribution in [0.3, 0.4) is 0 Å². The van der Waals surface area contributed by atoms with Crippen molar-refractivity contribution >= 4 is 10.9 Å². The number of rotatable bonds is 9. The van der Waals surface area contributed by atoms with Crippen LogP contribution in [0.2, 0.25) is 0 Å². The number of pyridine rings is 1. The number of aromatic amines is 1. The van der Waals surface area contributed by atoms with E-state index in [2.05, 4.69) is 93.3 Å². The number of aromatic nitrogens is 5. The zero-order valence-corrected chi connectivity index (χ0v) is 22.3. The first kappa shape index (κ1) is 25.3. The second-order valence-corrected chi connectivity index (χ2v) is 10.5. The SMILES string of the molecule is CCc1ccc2[nH]c(=O)c(CN(Cc3ccc(C)cc3)[C@@H](CC)c3nnnn3C3CCCCC3)cc2c1. The topological polar surface area (TPSA) is 79.7 Å². The largest absolute Gasteiger partial charge is 0.322 e. The molecule has 1 fully saturated rings. The van der Waals surface area contributed by atoms with Gasteiger partial charge in [0.25, 0.3) is 5.56 Å². The molecule has 0 amide bonds. The van der Waals surface area contributed by atoms with Crippen LogP contribution in [-0.4, -0.2) is 30.1 Å². The van der Waals surface area contributed by atoms with Crippen molar-refractivity contribution in [3.63, 3.8) is 0 Å². The Balaban J connectivity index is 1.52. The standard InChI is InChI=1S/C30H38N6O/c1-4-22-15-16-27-24(17-22)18-25(30(37)31-27)20-35(19-23-13-11-21(3)12-14-23)28(5-2)29-32-33-34-36(29)26-9-7-6-8-10-26/h11-18,26,28H,4-10,19-20H2,1-3H3,(H,31,37)/t28-/m0/s1. The fourth-order valence-electron chi connectivity index (χ4n) is 5.67. The Morgan fingerprint density at radius 3 is 2.49 bits per heavy atom. The van der Waals surface area contributed by atoms with Gasteiger partial charge in [-0.15, -0.1) is 5.10 Å². The van der Waals surface area contributed by atoms with Crippen molar-refractivity contribution in [2.45, 2.75) is 90.9 Å². The minimum atomic E-state index is -0.0348. The van der Waals surface area contributed by atoms with Crippen LogP contribution < -0.4 is 5.56 Å². The highest BCUT2D eigenvalue weighted by Crippen LogP contribution is 2.32. The van der Waals surface area contributed by atoms with Gasteiger partial charge in [0.05, 0.1) is 12.1 Å². The molecule has 7 heteroatoms. The first-order valence-corrected chi connectivity index (χ1v) is 13.8. The van der Waals surface area contributed by atoms with Crippen LogP contribution in [-0.2, 0) is 19.5 Å². The molecule has 1 atom stereocenters. The molecule has 2 aromatic carbocycles. The molecular weight excluding hydrogens is 460 g/mol. The minimum absolute atomic E-state index is 0.00435. The van der Waals surface area contributed by atoms with E-state index in [1.165, 1.54) is 36.0 Å². The summed E-state index contributed by atoms with van der Waals surface area (Å²) in [6.07, 6.45) is 7.79. The van der Waals surface area contributed by atoms with E-state index in [0.29, 0.717) is 19.1 Å². The molecular formula is C30H38N6O. The van der Waals surface area contributed by atoms with E-state index in [1.54, 1.807) is 0 Å². The predicted molar refractivity (Wildman–Crippen MR) is 147 cm³/mol. The monoisotopic (exact) mass is 498 g/mol. The Morgan fingerprint density at radius 1 is 1.00 bits per heavy atom. The van der Waals surface area contributed by atoms with Crippen molar-refractivity contribution in [3.05, 3.63) is 87.0 Å². The lowest BCUT2D eigenvalue weighted by molar-refractivity contribution is 0.155. The number of benzene rings is 2. The van der Waals surface area contributed by atoms with E-state index in [1.807, 2.05) is 6.07 Å². The molecule has 1 saturated carbocycles. The number of aryl methyl sites for hydroxylation is 2. The van der Waals surface area contributed by atoms with Crippen molar-refractivity contribution in [1.29, 1.82) is 0 Å². The van der Waals surface area contributed by atoms with Gasteiger partial charge in [-0.2, -0.15) is 0 Å². The molecule has 7 nitrogen and oxygen atoms in total. The molecule has 194 valence electrons. The van der Waals surface area contributed by atoms with Crippen LogP contribution in [0.4, 0.5) is 0 Å². The van der Waals surface area contributed by atoms with Crippen molar-refractivity contribution < 1.29 is 0 Å². The maximum absolute atomic E-state index is 13.2. The number of nitrogens with one attached hydrogen (secondary N) is 1. The number of hydrogen-bond donors (Lipinski definition) is 1. The first-order valence-electron chi connectivity index (χ1n) is 13.8. The van der Waals surface area contributed by atoms with Gasteiger partial charge in [-0.25, -0.2) is 4.68 Å². The molecule has 0 bridgehead atoms. The smallest absolute Gasteiger partial charge is 0.252 e. The Morgan fingerprint density at radius 2 is 1.76 bits per heavy atom. The number of fused-ring (bicyclic) bond motifs is 1. The molecule has 0 saturated heterocycles. The Hall–Kier alpha value is -3.32. The number of hydrogen-bond acceptors (Lipinski definition) is 5. The summed E-state index contributed by atoms with van der Waals surface area (Å²) in [4.78, 5) is 18.7. The fourth-order valence-corrected chi connectivity index (χ4v) is 5.67. The van der Waals surface area contributed by atoms with Crippen molar-refractivity contribution in [2.24, 2.45) is 0 Å². The van der Waals surface area contributed by atoms with Gasteiger partial charge in [0.1, 0.15) is 0 Å². The third-order valence-electron chi connectivity index (χ3n) is 7.84. The fraction of sp³-hybridized carbons (Fsp3) is 0.467. The number of H-pyrrole nitrogens is 1. The molecule has 0 aliphatic heterocycles. The summed E-state index contributed by atoms with van der Waals surface area (Å²) >= 11 is 0. The Kier molecular flexibility index (Phi) is 7.79. The van der Waals surface area contributed by atoms with Gasteiger partial charge in [0, 0.05) is 24.2 Å². The number of tetrazole rings is 1. The number of nitrogens with zero attached hydrogens (tertiary/aromatic N) is 5. The van der Waals surface area contributed by atoms with Crippen molar-refractivity contribution in [1.82, 2.24) is 30.1 Å². The highest BCUT2D eigenvalue weighted by molar-refractivity contribution is 5.79. The predicted octanol–water partition coefficient (Wildman–Crippen LogP) is 6.04. The Labute approximate surface area is 218 Å². The van der Waals surface area contributed by atoms with Gasteiger partial charge in [0.15, 0.2) is 5.82 Å². The molecule has 0 unspecified atom stereocenters. The lowest BCUT2D eigenvalue weighted by Crippen LogP contribution is -2.33. The first-order chi connectivity index (χ1) is 18.1. The lowest BCUT2D eigenvalue weighted by Gasteiger charge is -2.32. The molecule has 2 aromatic heterocycles. The third kappa shape index (κ3) is 5.67. The molecule has 1 aliphatic rings. The van der Waals surface area contributed by atoms with Gasteiger partial charge in [-0.3, -0.25) is 9.69 Å². The molecule has 2 heterocycles. The molecule has 5 rings (SSSR count). The second-order valence-electron chi connectivity index (χ2n) is 10.5. The summed E-state index contributed by atoms with van der Waals surface area (Å²) < 4.78 is 2.08. The molecule has 1 aliphatic carbocycles. The highest BCUT2D eigenvalue weighted by Gasteiger charge is 2.29.